The number of nitrogens with zero attached hydrogens (tertiary/aromatic N) is 2. The van der Waals surface area contributed by atoms with Crippen molar-refractivity contribution in [2.75, 3.05) is 13.2 Å². The molecule has 0 aliphatic carbocycles. The van der Waals surface area contributed by atoms with E-state index in [4.69, 9.17) is 0 Å². The zero-order valence-corrected chi connectivity index (χ0v) is 11.3. The monoisotopic (exact) mass is 276 g/mol. The topological polar surface area (TPSA) is 70.5 Å². The Hall–Kier alpha value is -0.500. The Kier molecular flexibility index (Phi) is 3.82. The number of sulfonamides is 1. The van der Waals surface area contributed by atoms with Crippen LogP contribution in [-0.2, 0) is 10.0 Å². The molecule has 0 amide bonds. The summed E-state index contributed by atoms with van der Waals surface area (Å²) in [4.78, 5) is 3.98. The van der Waals surface area contributed by atoms with Crippen molar-refractivity contribution in [2.45, 2.75) is 36.4 Å². The van der Waals surface area contributed by atoms with Crippen molar-refractivity contribution in [1.29, 1.82) is 0 Å². The third kappa shape index (κ3) is 2.52. The number of hydrogen-bond donors (Lipinski definition) is 1. The molecule has 7 heteroatoms. The second-order valence-electron chi connectivity index (χ2n) is 4.15. The fourth-order valence-corrected chi connectivity index (χ4v) is 4.97. The van der Waals surface area contributed by atoms with Gasteiger partial charge in [-0.3, -0.25) is 0 Å². The number of aliphatic hydroxyl groups excluding tert-OH is 1. The zero-order chi connectivity index (χ0) is 12.5. The van der Waals surface area contributed by atoms with Gasteiger partial charge in [-0.25, -0.2) is 13.4 Å². The minimum atomic E-state index is -3.47. The van der Waals surface area contributed by atoms with Gasteiger partial charge in [0.1, 0.15) is 0 Å². The van der Waals surface area contributed by atoms with Crippen LogP contribution >= 0.6 is 11.3 Å². The molecule has 1 fully saturated rings. The molecule has 1 aromatic heterocycles. The Morgan fingerprint density at radius 1 is 1.59 bits per heavy atom. The second-order valence-corrected chi connectivity index (χ2v) is 7.50. The van der Waals surface area contributed by atoms with Crippen LogP contribution in [0.25, 0.3) is 0 Å². The van der Waals surface area contributed by atoms with Crippen molar-refractivity contribution in [3.8, 4) is 0 Å². The molecule has 0 radical (unpaired) electrons. The van der Waals surface area contributed by atoms with Gasteiger partial charge in [0.25, 0.3) is 10.0 Å². The first-order valence-electron chi connectivity index (χ1n) is 5.61. The summed E-state index contributed by atoms with van der Waals surface area (Å²) >= 11 is 1.18. The maximum atomic E-state index is 12.4. The van der Waals surface area contributed by atoms with Crippen LogP contribution in [0.2, 0.25) is 0 Å². The van der Waals surface area contributed by atoms with E-state index in [0.29, 0.717) is 6.54 Å². The van der Waals surface area contributed by atoms with Crippen molar-refractivity contribution >= 4 is 21.4 Å². The molecule has 2 rings (SSSR count). The Balaban J connectivity index is 2.30. The highest BCUT2D eigenvalue weighted by Gasteiger charge is 2.34. The SMILES string of the molecule is Cc1ncc(S(=O)(=O)N2CCCCC2CO)s1. The van der Waals surface area contributed by atoms with Gasteiger partial charge in [0.05, 0.1) is 17.8 Å². The highest BCUT2D eigenvalue weighted by Crippen LogP contribution is 2.28. The van der Waals surface area contributed by atoms with Gasteiger partial charge in [-0.15, -0.1) is 11.3 Å². The fourth-order valence-electron chi connectivity index (χ4n) is 2.05. The number of aliphatic hydroxyl groups is 1. The van der Waals surface area contributed by atoms with Crippen LogP contribution in [-0.4, -0.2) is 42.0 Å². The van der Waals surface area contributed by atoms with Crippen molar-refractivity contribution in [3.63, 3.8) is 0 Å². The summed E-state index contributed by atoms with van der Waals surface area (Å²) in [5.41, 5.74) is 0. The third-order valence-electron chi connectivity index (χ3n) is 2.95. The quantitative estimate of drug-likeness (QED) is 0.893. The maximum absolute atomic E-state index is 12.4. The van der Waals surface area contributed by atoms with Crippen molar-refractivity contribution in [2.24, 2.45) is 0 Å². The lowest BCUT2D eigenvalue weighted by atomic mass is 10.1. The molecule has 1 atom stereocenters. The van der Waals surface area contributed by atoms with E-state index in [2.05, 4.69) is 4.98 Å². The maximum Gasteiger partial charge on any atom is 0.254 e. The predicted octanol–water partition coefficient (Wildman–Crippen LogP) is 0.987. The van der Waals surface area contributed by atoms with Gasteiger partial charge in [0.2, 0.25) is 0 Å². The van der Waals surface area contributed by atoms with E-state index in [-0.39, 0.29) is 16.9 Å². The summed E-state index contributed by atoms with van der Waals surface area (Å²) in [6.07, 6.45) is 3.96. The van der Waals surface area contributed by atoms with Crippen LogP contribution in [0.1, 0.15) is 24.3 Å². The summed E-state index contributed by atoms with van der Waals surface area (Å²) in [5.74, 6) is 0. The molecule has 1 aromatic rings. The van der Waals surface area contributed by atoms with Crippen LogP contribution < -0.4 is 0 Å². The molecule has 0 spiro atoms. The number of aromatic nitrogens is 1. The van der Waals surface area contributed by atoms with Crippen LogP contribution in [0.3, 0.4) is 0 Å². The number of aryl methyl sites for hydroxylation is 1. The van der Waals surface area contributed by atoms with Crippen LogP contribution in [0.5, 0.6) is 0 Å². The number of piperidine rings is 1. The molecule has 1 saturated heterocycles. The highest BCUT2D eigenvalue weighted by atomic mass is 32.2. The second kappa shape index (κ2) is 5.01. The van der Waals surface area contributed by atoms with Gasteiger partial charge in [-0.2, -0.15) is 4.31 Å². The van der Waals surface area contributed by atoms with Crippen molar-refractivity contribution in [1.82, 2.24) is 9.29 Å². The summed E-state index contributed by atoms with van der Waals surface area (Å²) in [7, 11) is -3.47. The van der Waals surface area contributed by atoms with Gasteiger partial charge < -0.3 is 5.11 Å². The van der Waals surface area contributed by atoms with E-state index >= 15 is 0 Å². The summed E-state index contributed by atoms with van der Waals surface area (Å²) < 4.78 is 26.4. The predicted molar refractivity (Wildman–Crippen MR) is 65.5 cm³/mol. The fraction of sp³-hybridized carbons (Fsp3) is 0.700. The normalized spacial score (nSPS) is 22.8. The minimum absolute atomic E-state index is 0.114. The Morgan fingerprint density at radius 2 is 2.35 bits per heavy atom. The van der Waals surface area contributed by atoms with Gasteiger partial charge in [-0.05, 0) is 19.8 Å². The first-order valence-corrected chi connectivity index (χ1v) is 7.86. The van der Waals surface area contributed by atoms with Gasteiger partial charge >= 0.3 is 0 Å². The van der Waals surface area contributed by atoms with E-state index in [9.17, 15) is 13.5 Å². The Morgan fingerprint density at radius 3 is 2.94 bits per heavy atom. The standard InChI is InChI=1S/C10H16N2O3S2/c1-8-11-6-10(16-8)17(14,15)12-5-3-2-4-9(12)7-13/h6,9,13H,2-5,7H2,1H3. The Labute approximate surface area is 105 Å². The number of hydrogen-bond acceptors (Lipinski definition) is 5. The van der Waals surface area contributed by atoms with E-state index in [1.165, 1.54) is 21.8 Å². The molecular formula is C10H16N2O3S2. The summed E-state index contributed by atoms with van der Waals surface area (Å²) in [6.45, 7) is 2.16. The zero-order valence-electron chi connectivity index (χ0n) is 9.66. The average Bonchev–Trinajstić information content (AvgIpc) is 2.76. The van der Waals surface area contributed by atoms with Crippen molar-refractivity contribution < 1.29 is 13.5 Å². The van der Waals surface area contributed by atoms with Gasteiger partial charge in [0.15, 0.2) is 4.21 Å². The first-order chi connectivity index (χ1) is 8.05. The molecule has 1 unspecified atom stereocenters. The molecule has 1 aliphatic heterocycles. The largest absolute Gasteiger partial charge is 0.395 e. The average molecular weight is 276 g/mol. The molecule has 5 nitrogen and oxygen atoms in total. The van der Waals surface area contributed by atoms with Crippen LogP contribution in [0, 0.1) is 6.92 Å². The lowest BCUT2D eigenvalue weighted by Gasteiger charge is -2.32. The van der Waals surface area contributed by atoms with Crippen LogP contribution in [0.15, 0.2) is 10.4 Å². The van der Waals surface area contributed by atoms with Crippen LogP contribution in [0.4, 0.5) is 0 Å². The van der Waals surface area contributed by atoms with Gasteiger partial charge in [-0.1, -0.05) is 6.42 Å². The van der Waals surface area contributed by atoms with E-state index in [1.807, 2.05) is 0 Å². The van der Waals surface area contributed by atoms with Crippen molar-refractivity contribution in [3.05, 3.63) is 11.2 Å². The number of rotatable bonds is 3. The van der Waals surface area contributed by atoms with E-state index in [0.717, 1.165) is 24.3 Å². The Bertz CT molecular complexity index is 483. The lowest BCUT2D eigenvalue weighted by molar-refractivity contribution is 0.155. The summed E-state index contributed by atoms with van der Waals surface area (Å²) in [6, 6.07) is -0.281. The molecule has 0 saturated carbocycles. The third-order valence-corrected chi connectivity index (χ3v) is 6.25. The smallest absolute Gasteiger partial charge is 0.254 e. The minimum Gasteiger partial charge on any atom is -0.395 e. The highest BCUT2D eigenvalue weighted by molar-refractivity contribution is 7.91. The molecule has 0 bridgehead atoms. The van der Waals surface area contributed by atoms with E-state index in [1.54, 1.807) is 6.92 Å². The van der Waals surface area contributed by atoms with Gasteiger partial charge in [0, 0.05) is 12.6 Å². The molecule has 1 aliphatic rings. The lowest BCUT2D eigenvalue weighted by Crippen LogP contribution is -2.45. The van der Waals surface area contributed by atoms with E-state index < -0.39 is 10.0 Å². The molecule has 17 heavy (non-hydrogen) atoms. The number of thiazole rings is 1. The summed E-state index contributed by atoms with van der Waals surface area (Å²) in [5, 5.41) is 10.00. The first kappa shape index (κ1) is 12.9. The molecule has 0 aromatic carbocycles. The molecular weight excluding hydrogens is 260 g/mol. The molecule has 1 N–H and O–H groups in total. The molecule has 2 heterocycles. The molecule has 96 valence electrons.